The van der Waals surface area contributed by atoms with Gasteiger partial charge in [0.1, 0.15) is 0 Å². The third-order valence-corrected chi connectivity index (χ3v) is 5.03. The third-order valence-electron chi connectivity index (χ3n) is 3.99. The lowest BCUT2D eigenvalue weighted by Gasteiger charge is -2.36. The van der Waals surface area contributed by atoms with E-state index in [1.807, 2.05) is 11.3 Å². The van der Waals surface area contributed by atoms with Gasteiger partial charge in [0.05, 0.1) is 18.1 Å². The van der Waals surface area contributed by atoms with Crippen molar-refractivity contribution in [3.8, 4) is 0 Å². The summed E-state index contributed by atoms with van der Waals surface area (Å²) in [5.74, 6) is 0.753. The third kappa shape index (κ3) is 1.84. The largest absolute Gasteiger partial charge is 0.370 e. The Morgan fingerprint density at radius 3 is 3.06 bits per heavy atom. The first-order valence-electron chi connectivity index (χ1n) is 6.42. The zero-order chi connectivity index (χ0) is 11.8. The van der Waals surface area contributed by atoms with Crippen molar-refractivity contribution in [2.75, 3.05) is 0 Å². The van der Waals surface area contributed by atoms with Crippen molar-refractivity contribution in [3.05, 3.63) is 22.4 Å². The van der Waals surface area contributed by atoms with E-state index >= 15 is 0 Å². The average Bonchev–Trinajstić information content (AvgIpc) is 2.94. The molecule has 3 nitrogen and oxygen atoms in total. The highest BCUT2D eigenvalue weighted by Crippen LogP contribution is 2.36. The van der Waals surface area contributed by atoms with Gasteiger partial charge in [0, 0.05) is 4.88 Å². The van der Waals surface area contributed by atoms with E-state index < -0.39 is 0 Å². The molecule has 3 rings (SSSR count). The second kappa shape index (κ2) is 4.33. The Bertz CT molecular complexity index is 412. The highest BCUT2D eigenvalue weighted by atomic mass is 32.1. The number of hydrogen-bond acceptors (Lipinski definition) is 4. The molecule has 92 valence electrons. The van der Waals surface area contributed by atoms with Crippen LogP contribution in [0.15, 0.2) is 22.5 Å². The van der Waals surface area contributed by atoms with E-state index in [1.165, 1.54) is 30.6 Å². The van der Waals surface area contributed by atoms with Crippen molar-refractivity contribution in [2.24, 2.45) is 10.7 Å². The number of nitrogens with two attached hydrogens (primary N) is 1. The Morgan fingerprint density at radius 2 is 2.29 bits per heavy atom. The normalized spacial score (nSPS) is 29.9. The molecule has 17 heavy (non-hydrogen) atoms. The molecule has 1 aromatic heterocycles. The van der Waals surface area contributed by atoms with Gasteiger partial charge in [0.15, 0.2) is 5.96 Å². The Balaban J connectivity index is 1.84. The molecule has 0 aromatic carbocycles. The topological polar surface area (TPSA) is 41.6 Å². The number of fused-ring (bicyclic) bond motifs is 1. The first-order valence-corrected chi connectivity index (χ1v) is 7.30. The molecule has 0 saturated heterocycles. The van der Waals surface area contributed by atoms with Crippen molar-refractivity contribution in [3.63, 3.8) is 0 Å². The average molecular weight is 249 g/mol. The molecule has 4 heteroatoms. The van der Waals surface area contributed by atoms with Gasteiger partial charge in [-0.25, -0.2) is 4.99 Å². The summed E-state index contributed by atoms with van der Waals surface area (Å²) in [6.07, 6.45) is 5.07. The van der Waals surface area contributed by atoms with Crippen molar-refractivity contribution in [2.45, 2.75) is 50.7 Å². The summed E-state index contributed by atoms with van der Waals surface area (Å²) in [6, 6.07) is 5.66. The number of thiophene rings is 1. The van der Waals surface area contributed by atoms with Gasteiger partial charge >= 0.3 is 0 Å². The van der Waals surface area contributed by atoms with Crippen LogP contribution in [0.3, 0.4) is 0 Å². The van der Waals surface area contributed by atoms with Gasteiger partial charge in [-0.15, -0.1) is 11.3 Å². The maximum atomic E-state index is 6.13. The molecule has 2 heterocycles. The van der Waals surface area contributed by atoms with E-state index in [2.05, 4.69) is 34.3 Å². The first kappa shape index (κ1) is 11.1. The molecule has 0 amide bonds. The lowest BCUT2D eigenvalue weighted by Crippen LogP contribution is -2.45. The molecular weight excluding hydrogens is 230 g/mol. The second-order valence-corrected chi connectivity index (χ2v) is 5.98. The summed E-state index contributed by atoms with van der Waals surface area (Å²) in [4.78, 5) is 8.37. The summed E-state index contributed by atoms with van der Waals surface area (Å²) in [7, 11) is 0. The molecule has 1 aliphatic heterocycles. The van der Waals surface area contributed by atoms with Crippen molar-refractivity contribution >= 4 is 17.3 Å². The van der Waals surface area contributed by atoms with Crippen LogP contribution in [-0.2, 0) is 0 Å². The first-order chi connectivity index (χ1) is 8.27. The minimum atomic E-state index is 0.367. The fourth-order valence-electron chi connectivity index (χ4n) is 3.12. The summed E-state index contributed by atoms with van der Waals surface area (Å²) >= 11 is 1.81. The number of guanidine groups is 1. The van der Waals surface area contributed by atoms with Crippen LogP contribution < -0.4 is 5.73 Å². The standard InChI is InChI=1S/C13H19N3S/c1-9(12-7-4-8-17-12)16-11-6-3-2-5-10(11)15-13(16)14/h4,7-11H,2-3,5-6H2,1H3,(H2,14,15). The van der Waals surface area contributed by atoms with Crippen molar-refractivity contribution in [1.29, 1.82) is 0 Å². The maximum Gasteiger partial charge on any atom is 0.192 e. The molecule has 1 fully saturated rings. The summed E-state index contributed by atoms with van der Waals surface area (Å²) in [5, 5.41) is 2.13. The van der Waals surface area contributed by atoms with E-state index in [1.54, 1.807) is 0 Å². The predicted molar refractivity (Wildman–Crippen MR) is 72.2 cm³/mol. The molecule has 2 N–H and O–H groups in total. The van der Waals surface area contributed by atoms with Gasteiger partial charge in [0.25, 0.3) is 0 Å². The molecule has 3 atom stereocenters. The number of hydrogen-bond donors (Lipinski definition) is 1. The Hall–Kier alpha value is -1.03. The monoisotopic (exact) mass is 249 g/mol. The Morgan fingerprint density at radius 1 is 1.47 bits per heavy atom. The molecule has 3 unspecified atom stereocenters. The zero-order valence-electron chi connectivity index (χ0n) is 10.2. The molecule has 2 aliphatic rings. The maximum absolute atomic E-state index is 6.13. The zero-order valence-corrected chi connectivity index (χ0v) is 11.0. The summed E-state index contributed by atoms with van der Waals surface area (Å²) < 4.78 is 0. The highest BCUT2D eigenvalue weighted by molar-refractivity contribution is 7.10. The van der Waals surface area contributed by atoms with Gasteiger partial charge in [-0.2, -0.15) is 0 Å². The van der Waals surface area contributed by atoms with E-state index in [9.17, 15) is 0 Å². The van der Waals surface area contributed by atoms with Crippen molar-refractivity contribution in [1.82, 2.24) is 4.90 Å². The molecule has 0 spiro atoms. The van der Waals surface area contributed by atoms with Gasteiger partial charge in [0.2, 0.25) is 0 Å². The van der Waals surface area contributed by atoms with Gasteiger partial charge in [-0.3, -0.25) is 0 Å². The molecule has 0 bridgehead atoms. The quantitative estimate of drug-likeness (QED) is 0.875. The van der Waals surface area contributed by atoms with Gasteiger partial charge < -0.3 is 10.6 Å². The van der Waals surface area contributed by atoms with Crippen LogP contribution in [0.4, 0.5) is 0 Å². The van der Waals surface area contributed by atoms with Crippen molar-refractivity contribution < 1.29 is 0 Å². The predicted octanol–water partition coefficient (Wildman–Crippen LogP) is 2.75. The van der Waals surface area contributed by atoms with Crippen LogP contribution in [0.1, 0.15) is 43.5 Å². The number of aliphatic imine (C=N–C) groups is 1. The van der Waals surface area contributed by atoms with E-state index in [-0.39, 0.29) is 0 Å². The lowest BCUT2D eigenvalue weighted by atomic mass is 9.90. The van der Waals surface area contributed by atoms with E-state index in [0.717, 1.165) is 5.96 Å². The second-order valence-electron chi connectivity index (χ2n) is 5.01. The lowest BCUT2D eigenvalue weighted by molar-refractivity contribution is 0.205. The fourth-order valence-corrected chi connectivity index (χ4v) is 3.91. The van der Waals surface area contributed by atoms with Crippen LogP contribution in [-0.4, -0.2) is 22.9 Å². The smallest absolute Gasteiger partial charge is 0.192 e. The molecule has 1 aliphatic carbocycles. The SMILES string of the molecule is CC(c1cccs1)N1C(N)=NC2CCCCC21. The minimum Gasteiger partial charge on any atom is -0.370 e. The summed E-state index contributed by atoms with van der Waals surface area (Å²) in [5.41, 5.74) is 6.13. The highest BCUT2D eigenvalue weighted by Gasteiger charge is 2.39. The molecule has 0 radical (unpaired) electrons. The number of nitrogens with zero attached hydrogens (tertiary/aromatic N) is 2. The Labute approximate surface area is 106 Å². The van der Waals surface area contributed by atoms with Gasteiger partial charge in [-0.05, 0) is 31.2 Å². The van der Waals surface area contributed by atoms with Crippen LogP contribution >= 0.6 is 11.3 Å². The molecule has 1 aromatic rings. The molecular formula is C13H19N3S. The van der Waals surface area contributed by atoms with Crippen LogP contribution in [0, 0.1) is 0 Å². The van der Waals surface area contributed by atoms with Gasteiger partial charge in [-0.1, -0.05) is 18.9 Å². The van der Waals surface area contributed by atoms with Crippen LogP contribution in [0.5, 0.6) is 0 Å². The van der Waals surface area contributed by atoms with Crippen LogP contribution in [0.2, 0.25) is 0 Å². The number of rotatable bonds is 2. The van der Waals surface area contributed by atoms with E-state index in [4.69, 9.17) is 5.73 Å². The van der Waals surface area contributed by atoms with E-state index in [0.29, 0.717) is 18.1 Å². The Kier molecular flexibility index (Phi) is 2.82. The summed E-state index contributed by atoms with van der Waals surface area (Å²) in [6.45, 7) is 2.24. The minimum absolute atomic E-state index is 0.367. The fraction of sp³-hybridized carbons (Fsp3) is 0.615. The molecule has 1 saturated carbocycles. The van der Waals surface area contributed by atoms with Crippen LogP contribution in [0.25, 0.3) is 0 Å².